The van der Waals surface area contributed by atoms with E-state index < -0.39 is 0 Å². The van der Waals surface area contributed by atoms with Crippen molar-refractivity contribution in [3.63, 3.8) is 0 Å². The van der Waals surface area contributed by atoms with Gasteiger partial charge in [-0.05, 0) is 24.3 Å². The van der Waals surface area contributed by atoms with Crippen LogP contribution in [0.25, 0.3) is 0 Å². The van der Waals surface area contributed by atoms with Crippen LogP contribution in [0.3, 0.4) is 0 Å². The molecule has 0 aliphatic heterocycles. The van der Waals surface area contributed by atoms with Gasteiger partial charge >= 0.3 is 0 Å². The first kappa shape index (κ1) is 10.0. The lowest BCUT2D eigenvalue weighted by Crippen LogP contribution is -1.91. The molecule has 0 saturated carbocycles. The van der Waals surface area contributed by atoms with Crippen LogP contribution in [0, 0.1) is 5.92 Å². The van der Waals surface area contributed by atoms with Gasteiger partial charge in [0.2, 0.25) is 0 Å². The first-order valence-electron chi connectivity index (χ1n) is 4.90. The van der Waals surface area contributed by atoms with Crippen molar-refractivity contribution in [2.75, 3.05) is 0 Å². The maximum Gasteiger partial charge on any atom is -0.0132 e. The van der Waals surface area contributed by atoms with Crippen LogP contribution in [0.1, 0.15) is 26.7 Å². The van der Waals surface area contributed by atoms with E-state index in [1.165, 1.54) is 12.0 Å². The van der Waals surface area contributed by atoms with Crippen molar-refractivity contribution in [1.82, 2.24) is 0 Å². The molecule has 0 amide bonds. The van der Waals surface area contributed by atoms with Crippen molar-refractivity contribution < 1.29 is 0 Å². The molecule has 1 rings (SSSR count). The van der Waals surface area contributed by atoms with Crippen LogP contribution in [0.15, 0.2) is 48.1 Å². The summed E-state index contributed by atoms with van der Waals surface area (Å²) >= 11 is 0. The van der Waals surface area contributed by atoms with E-state index in [9.17, 15) is 0 Å². The Balaban J connectivity index is 2.66. The third-order valence-corrected chi connectivity index (χ3v) is 2.02. The molecule has 1 aliphatic carbocycles. The standard InChI is InChI=1S/C13H18/c1-11(2)10-13-8-4-6-12(3)7-5-9-13/h4-8,11H,3,9-10H2,1-2H3/b6-4-,7-5?,13-8+. The van der Waals surface area contributed by atoms with Crippen molar-refractivity contribution in [1.29, 1.82) is 0 Å². The summed E-state index contributed by atoms with van der Waals surface area (Å²) in [4.78, 5) is 0. The van der Waals surface area contributed by atoms with Crippen LogP contribution in [0.4, 0.5) is 0 Å². The molecule has 70 valence electrons. The molecule has 13 heavy (non-hydrogen) atoms. The van der Waals surface area contributed by atoms with E-state index in [1.54, 1.807) is 0 Å². The second-order valence-electron chi connectivity index (χ2n) is 3.96. The number of hydrogen-bond donors (Lipinski definition) is 0. The van der Waals surface area contributed by atoms with Gasteiger partial charge in [-0.25, -0.2) is 0 Å². The highest BCUT2D eigenvalue weighted by atomic mass is 14.1. The van der Waals surface area contributed by atoms with E-state index in [1.807, 2.05) is 0 Å². The lowest BCUT2D eigenvalue weighted by atomic mass is 9.98. The molecular weight excluding hydrogens is 156 g/mol. The predicted molar refractivity (Wildman–Crippen MR) is 59.6 cm³/mol. The van der Waals surface area contributed by atoms with Crippen molar-refractivity contribution >= 4 is 0 Å². The van der Waals surface area contributed by atoms with Crippen molar-refractivity contribution in [3.8, 4) is 0 Å². The molecule has 1 aliphatic rings. The molecule has 0 fully saturated rings. The number of hydrogen-bond acceptors (Lipinski definition) is 0. The lowest BCUT2D eigenvalue weighted by Gasteiger charge is -2.08. The zero-order valence-electron chi connectivity index (χ0n) is 8.59. The molecular formula is C13H18. The minimum absolute atomic E-state index is 0.746. The largest absolute Gasteiger partial charge is 0.0918 e. The van der Waals surface area contributed by atoms with Crippen LogP contribution < -0.4 is 0 Å². The molecule has 0 heterocycles. The molecule has 0 radical (unpaired) electrons. The summed E-state index contributed by atoms with van der Waals surface area (Å²) in [6, 6.07) is 0. The van der Waals surface area contributed by atoms with E-state index in [0.717, 1.165) is 17.9 Å². The first-order valence-corrected chi connectivity index (χ1v) is 4.90. The molecule has 0 aromatic rings. The Bertz CT molecular complexity index is 262. The summed E-state index contributed by atoms with van der Waals surface area (Å²) < 4.78 is 0. The minimum atomic E-state index is 0.746. The van der Waals surface area contributed by atoms with Crippen molar-refractivity contribution in [2.45, 2.75) is 26.7 Å². The third kappa shape index (κ3) is 3.93. The van der Waals surface area contributed by atoms with Gasteiger partial charge in [0.05, 0.1) is 0 Å². The lowest BCUT2D eigenvalue weighted by molar-refractivity contribution is 0.635. The van der Waals surface area contributed by atoms with Gasteiger partial charge in [0.1, 0.15) is 0 Å². The molecule has 0 bridgehead atoms. The van der Waals surface area contributed by atoms with E-state index in [2.05, 4.69) is 50.8 Å². The molecule has 0 atom stereocenters. The molecule has 0 saturated heterocycles. The smallest absolute Gasteiger partial charge is 0.0132 e. The average Bonchev–Trinajstić information content (AvgIpc) is 1.99. The summed E-state index contributed by atoms with van der Waals surface area (Å²) in [5, 5.41) is 0. The van der Waals surface area contributed by atoms with Gasteiger partial charge in [-0.2, -0.15) is 0 Å². The number of rotatable bonds is 2. The third-order valence-electron chi connectivity index (χ3n) is 2.02. The van der Waals surface area contributed by atoms with Gasteiger partial charge in [0.25, 0.3) is 0 Å². The monoisotopic (exact) mass is 174 g/mol. The second kappa shape index (κ2) is 4.86. The van der Waals surface area contributed by atoms with Gasteiger partial charge in [-0.15, -0.1) is 0 Å². The maximum absolute atomic E-state index is 3.90. The molecule has 0 nitrogen and oxygen atoms in total. The Morgan fingerprint density at radius 1 is 1.38 bits per heavy atom. The predicted octanol–water partition coefficient (Wildman–Crippen LogP) is 4.03. The average molecular weight is 174 g/mol. The van der Waals surface area contributed by atoms with Gasteiger partial charge in [0, 0.05) is 0 Å². The SMILES string of the molecule is C=C1C=CC/C(CC(C)C)=C\C=C/1. The van der Waals surface area contributed by atoms with Gasteiger partial charge in [-0.1, -0.05) is 56.4 Å². The van der Waals surface area contributed by atoms with E-state index in [0.29, 0.717) is 0 Å². The number of allylic oxidation sites excluding steroid dienone is 7. The Hall–Kier alpha value is -1.04. The van der Waals surface area contributed by atoms with Gasteiger partial charge in [-0.3, -0.25) is 0 Å². The fraction of sp³-hybridized carbons (Fsp3) is 0.385. The van der Waals surface area contributed by atoms with E-state index in [4.69, 9.17) is 0 Å². The first-order chi connectivity index (χ1) is 6.18. The zero-order valence-corrected chi connectivity index (χ0v) is 8.59. The van der Waals surface area contributed by atoms with Crippen LogP contribution in [0.5, 0.6) is 0 Å². The molecule has 0 heteroatoms. The molecule has 0 aromatic heterocycles. The molecule has 0 N–H and O–H groups in total. The molecule has 0 aromatic carbocycles. The van der Waals surface area contributed by atoms with Crippen LogP contribution >= 0.6 is 0 Å². The summed E-state index contributed by atoms with van der Waals surface area (Å²) in [6.07, 6.45) is 12.9. The highest BCUT2D eigenvalue weighted by molar-refractivity contribution is 5.33. The molecule has 0 unspecified atom stereocenters. The van der Waals surface area contributed by atoms with E-state index in [-0.39, 0.29) is 0 Å². The maximum atomic E-state index is 3.90. The van der Waals surface area contributed by atoms with Gasteiger partial charge in [0.15, 0.2) is 0 Å². The summed E-state index contributed by atoms with van der Waals surface area (Å²) in [5.74, 6) is 0.746. The van der Waals surface area contributed by atoms with Crippen LogP contribution in [0.2, 0.25) is 0 Å². The molecule has 0 spiro atoms. The fourth-order valence-electron chi connectivity index (χ4n) is 1.47. The summed E-state index contributed by atoms with van der Waals surface area (Å²) in [6.45, 7) is 8.41. The van der Waals surface area contributed by atoms with Crippen molar-refractivity contribution in [3.05, 3.63) is 48.1 Å². The highest BCUT2D eigenvalue weighted by Crippen LogP contribution is 2.17. The fourth-order valence-corrected chi connectivity index (χ4v) is 1.47. The Morgan fingerprint density at radius 2 is 2.15 bits per heavy atom. The highest BCUT2D eigenvalue weighted by Gasteiger charge is 1.99. The summed E-state index contributed by atoms with van der Waals surface area (Å²) in [5.41, 5.74) is 2.59. The minimum Gasteiger partial charge on any atom is -0.0918 e. The Labute approximate surface area is 81.4 Å². The summed E-state index contributed by atoms with van der Waals surface area (Å²) in [7, 11) is 0. The van der Waals surface area contributed by atoms with Crippen molar-refractivity contribution in [2.24, 2.45) is 5.92 Å². The Morgan fingerprint density at radius 3 is 2.85 bits per heavy atom. The normalized spacial score (nSPS) is 23.6. The Kier molecular flexibility index (Phi) is 3.75. The van der Waals surface area contributed by atoms with Crippen LogP contribution in [-0.4, -0.2) is 0 Å². The second-order valence-corrected chi connectivity index (χ2v) is 3.96. The van der Waals surface area contributed by atoms with Crippen LogP contribution in [-0.2, 0) is 0 Å². The topological polar surface area (TPSA) is 0 Å². The zero-order chi connectivity index (χ0) is 9.68. The van der Waals surface area contributed by atoms with Gasteiger partial charge < -0.3 is 0 Å². The quantitative estimate of drug-likeness (QED) is 0.593. The van der Waals surface area contributed by atoms with E-state index >= 15 is 0 Å².